The van der Waals surface area contributed by atoms with Crippen LogP contribution in [-0.4, -0.2) is 19.8 Å². The highest BCUT2D eigenvalue weighted by atomic mass is 32.5. The van der Waals surface area contributed by atoms with Crippen LogP contribution < -0.4 is 0 Å². The third-order valence-electron chi connectivity index (χ3n) is 1.26. The molecule has 0 atom stereocenters. The molecule has 0 N–H and O–H groups in total. The van der Waals surface area contributed by atoms with Crippen molar-refractivity contribution in [3.63, 3.8) is 0 Å². The largest absolute Gasteiger partial charge is 0.327 e. The lowest BCUT2D eigenvalue weighted by Crippen LogP contribution is -2.01. The highest BCUT2D eigenvalue weighted by molar-refractivity contribution is 8.07. The maximum atomic E-state index is 5.42. The van der Waals surface area contributed by atoms with Gasteiger partial charge < -0.3 is 13.6 Å². The molecule has 0 spiro atoms. The molecule has 0 heterocycles. The minimum atomic E-state index is -2.51. The molecule has 14 heavy (non-hydrogen) atoms. The second-order valence-corrected chi connectivity index (χ2v) is 5.71. The quantitative estimate of drug-likeness (QED) is 0.455. The van der Waals surface area contributed by atoms with Crippen molar-refractivity contribution >= 4 is 18.5 Å². The predicted octanol–water partition coefficient (Wildman–Crippen LogP) is 3.27. The standard InChI is InChI=1S/C9H19O3PS/c1-4-7-10-13(14,11-8-5-2)12-9-6-3/h4H,1,5-9H2,2-3H3. The molecule has 0 fully saturated rings. The molecular weight excluding hydrogens is 219 g/mol. The van der Waals surface area contributed by atoms with Crippen LogP contribution in [0.3, 0.4) is 0 Å². The first kappa shape index (κ1) is 14.3. The molecular formula is C9H19O3PS. The third-order valence-corrected chi connectivity index (χ3v) is 3.67. The highest BCUT2D eigenvalue weighted by Crippen LogP contribution is 2.49. The fraction of sp³-hybridized carbons (Fsp3) is 0.778. The van der Waals surface area contributed by atoms with E-state index in [9.17, 15) is 0 Å². The number of hydrogen-bond acceptors (Lipinski definition) is 4. The van der Waals surface area contributed by atoms with Crippen LogP contribution in [0.2, 0.25) is 0 Å². The molecule has 0 unspecified atom stereocenters. The molecule has 0 bridgehead atoms. The third kappa shape index (κ3) is 6.68. The van der Waals surface area contributed by atoms with E-state index in [0.29, 0.717) is 19.8 Å². The van der Waals surface area contributed by atoms with Gasteiger partial charge in [-0.2, -0.15) is 0 Å². The van der Waals surface area contributed by atoms with Crippen molar-refractivity contribution in [3.05, 3.63) is 12.7 Å². The van der Waals surface area contributed by atoms with Crippen LogP contribution in [0.15, 0.2) is 12.7 Å². The average Bonchev–Trinajstić information content (AvgIpc) is 2.21. The van der Waals surface area contributed by atoms with Gasteiger partial charge in [0.2, 0.25) is 0 Å². The highest BCUT2D eigenvalue weighted by Gasteiger charge is 2.18. The van der Waals surface area contributed by atoms with Gasteiger partial charge in [-0.1, -0.05) is 19.9 Å². The van der Waals surface area contributed by atoms with Gasteiger partial charge in [-0.25, -0.2) is 0 Å². The maximum Gasteiger partial charge on any atom is 0.327 e. The molecule has 0 aliphatic heterocycles. The van der Waals surface area contributed by atoms with E-state index >= 15 is 0 Å². The zero-order valence-corrected chi connectivity index (χ0v) is 10.6. The van der Waals surface area contributed by atoms with Crippen molar-refractivity contribution in [3.8, 4) is 0 Å². The van der Waals surface area contributed by atoms with Crippen molar-refractivity contribution in [1.29, 1.82) is 0 Å². The van der Waals surface area contributed by atoms with Crippen LogP contribution in [0.1, 0.15) is 26.7 Å². The summed E-state index contributed by atoms with van der Waals surface area (Å²) in [5.74, 6) is 0. The first-order valence-electron chi connectivity index (χ1n) is 4.83. The molecule has 0 aromatic rings. The van der Waals surface area contributed by atoms with Crippen LogP contribution in [0.5, 0.6) is 0 Å². The van der Waals surface area contributed by atoms with E-state index in [4.69, 9.17) is 25.4 Å². The fourth-order valence-electron chi connectivity index (χ4n) is 0.662. The second kappa shape index (κ2) is 8.57. The van der Waals surface area contributed by atoms with E-state index in [0.717, 1.165) is 12.8 Å². The van der Waals surface area contributed by atoms with Crippen molar-refractivity contribution in [2.45, 2.75) is 26.7 Å². The van der Waals surface area contributed by atoms with Crippen LogP contribution in [0.25, 0.3) is 0 Å². The maximum absolute atomic E-state index is 5.42. The summed E-state index contributed by atoms with van der Waals surface area (Å²) in [5, 5.41) is 0. The minimum Gasteiger partial charge on any atom is -0.309 e. The summed E-state index contributed by atoms with van der Waals surface area (Å²) in [5.41, 5.74) is 0. The Kier molecular flexibility index (Phi) is 8.73. The molecule has 0 aliphatic rings. The zero-order chi connectivity index (χ0) is 10.9. The lowest BCUT2D eigenvalue weighted by molar-refractivity contribution is 0.167. The van der Waals surface area contributed by atoms with Crippen LogP contribution in [-0.2, 0) is 25.4 Å². The molecule has 0 aromatic heterocycles. The van der Waals surface area contributed by atoms with E-state index in [1.54, 1.807) is 6.08 Å². The molecule has 0 saturated carbocycles. The average molecular weight is 238 g/mol. The molecule has 0 rings (SSSR count). The zero-order valence-electron chi connectivity index (χ0n) is 8.90. The Morgan fingerprint density at radius 2 is 1.64 bits per heavy atom. The Labute approximate surface area is 91.7 Å². The van der Waals surface area contributed by atoms with Crippen LogP contribution in [0, 0.1) is 0 Å². The van der Waals surface area contributed by atoms with Gasteiger partial charge in [0, 0.05) is 0 Å². The fourth-order valence-corrected chi connectivity index (χ4v) is 2.62. The van der Waals surface area contributed by atoms with Gasteiger partial charge >= 0.3 is 6.72 Å². The van der Waals surface area contributed by atoms with Gasteiger partial charge in [0.25, 0.3) is 0 Å². The molecule has 84 valence electrons. The van der Waals surface area contributed by atoms with Crippen LogP contribution >= 0.6 is 6.72 Å². The normalized spacial score (nSPS) is 11.6. The van der Waals surface area contributed by atoms with E-state index in [-0.39, 0.29) is 0 Å². The van der Waals surface area contributed by atoms with E-state index in [1.807, 2.05) is 13.8 Å². The monoisotopic (exact) mass is 238 g/mol. The predicted molar refractivity (Wildman–Crippen MR) is 62.9 cm³/mol. The Hall–Kier alpha value is 0.270. The molecule has 3 nitrogen and oxygen atoms in total. The summed E-state index contributed by atoms with van der Waals surface area (Å²) in [7, 11) is 0. The number of hydrogen-bond donors (Lipinski definition) is 0. The summed E-state index contributed by atoms with van der Waals surface area (Å²) in [4.78, 5) is 0. The molecule has 0 aromatic carbocycles. The topological polar surface area (TPSA) is 27.7 Å². The lowest BCUT2D eigenvalue weighted by atomic mass is 10.5. The Morgan fingerprint density at radius 3 is 2.00 bits per heavy atom. The van der Waals surface area contributed by atoms with Gasteiger partial charge in [0.05, 0.1) is 19.8 Å². The van der Waals surface area contributed by atoms with Gasteiger partial charge in [0.1, 0.15) is 0 Å². The SMILES string of the molecule is C=CCOP(=S)(OCCC)OCCC. The second-order valence-electron chi connectivity index (χ2n) is 2.70. The minimum absolute atomic E-state index is 0.380. The molecule has 0 aliphatic carbocycles. The van der Waals surface area contributed by atoms with Crippen molar-refractivity contribution < 1.29 is 13.6 Å². The molecule has 0 saturated heterocycles. The van der Waals surface area contributed by atoms with Crippen molar-refractivity contribution in [1.82, 2.24) is 0 Å². The summed E-state index contributed by atoms with van der Waals surface area (Å²) < 4.78 is 16.2. The van der Waals surface area contributed by atoms with Crippen LogP contribution in [0.4, 0.5) is 0 Å². The first-order chi connectivity index (χ1) is 6.68. The van der Waals surface area contributed by atoms with Gasteiger partial charge in [-0.05, 0) is 24.6 Å². The van der Waals surface area contributed by atoms with E-state index in [1.165, 1.54) is 0 Å². The van der Waals surface area contributed by atoms with E-state index < -0.39 is 6.72 Å². The summed E-state index contributed by atoms with van der Waals surface area (Å²) in [6.45, 7) is 6.64. The summed E-state index contributed by atoms with van der Waals surface area (Å²) >= 11 is 5.19. The first-order valence-corrected chi connectivity index (χ1v) is 7.38. The molecule has 0 radical (unpaired) electrons. The number of rotatable bonds is 9. The van der Waals surface area contributed by atoms with Gasteiger partial charge in [0.15, 0.2) is 0 Å². The van der Waals surface area contributed by atoms with E-state index in [2.05, 4.69) is 6.58 Å². The smallest absolute Gasteiger partial charge is 0.309 e. The van der Waals surface area contributed by atoms with Gasteiger partial charge in [-0.3, -0.25) is 0 Å². The Bertz CT molecular complexity index is 184. The Morgan fingerprint density at radius 1 is 1.14 bits per heavy atom. The van der Waals surface area contributed by atoms with Gasteiger partial charge in [-0.15, -0.1) is 6.58 Å². The molecule has 5 heteroatoms. The molecule has 0 amide bonds. The summed E-state index contributed by atoms with van der Waals surface area (Å²) in [6.07, 6.45) is 3.46. The van der Waals surface area contributed by atoms with Crippen molar-refractivity contribution in [2.75, 3.05) is 19.8 Å². The van der Waals surface area contributed by atoms with Crippen molar-refractivity contribution in [2.24, 2.45) is 0 Å². The Balaban J connectivity index is 4.03. The lowest BCUT2D eigenvalue weighted by Gasteiger charge is -2.20. The summed E-state index contributed by atoms with van der Waals surface area (Å²) in [6, 6.07) is 0.